The van der Waals surface area contributed by atoms with Crippen LogP contribution in [0.5, 0.6) is 0 Å². The van der Waals surface area contributed by atoms with Gasteiger partial charge < -0.3 is 19.6 Å². The third-order valence-corrected chi connectivity index (χ3v) is 13.8. The molecule has 8 aromatic rings. The van der Waals surface area contributed by atoms with E-state index in [4.69, 9.17) is 0 Å². The van der Waals surface area contributed by atoms with Crippen LogP contribution in [0.15, 0.2) is 109 Å². The molecule has 0 spiro atoms. The molecule has 2 amide bonds. The van der Waals surface area contributed by atoms with Gasteiger partial charge in [0.1, 0.15) is 23.0 Å². The minimum atomic E-state index is -4.83. The number of rotatable bonds is 8. The number of hydrogen-bond donors (Lipinski definition) is 0. The van der Waals surface area contributed by atoms with Crippen LogP contribution in [0.2, 0.25) is 0 Å². The van der Waals surface area contributed by atoms with E-state index in [0.29, 0.717) is 75.6 Å². The van der Waals surface area contributed by atoms with E-state index in [0.717, 1.165) is 68.6 Å². The average molecular weight is 1030 g/mol. The molecule has 0 atom stereocenters. The molecule has 4 aromatic heterocycles. The lowest BCUT2D eigenvalue weighted by molar-refractivity contribution is -0.139. The van der Waals surface area contributed by atoms with Crippen molar-refractivity contribution < 1.29 is 44.7 Å². The smallest absolute Gasteiger partial charge is 0.354 e. The van der Waals surface area contributed by atoms with Crippen molar-refractivity contribution in [3.8, 4) is 22.8 Å². The topological polar surface area (TPSA) is 134 Å². The standard InChI is InChI=1S/2C26H24F4N6O/c2*1-34(25(37)20-8-7-16(27)15-21(20)26(28,29)30)17-10-13-36(14-11-17)24-19-6-4-3-5-18(19)23(32-33-24)22-9-12-31-35(22)2/h2*3-9,12,15,17H,10-11,13-14H2,1-2H3. The molecule has 0 bridgehead atoms. The van der Waals surface area contributed by atoms with E-state index in [1.54, 1.807) is 21.8 Å². The highest BCUT2D eigenvalue weighted by molar-refractivity contribution is 6.01. The maximum absolute atomic E-state index is 13.5. The molecule has 22 heteroatoms. The summed E-state index contributed by atoms with van der Waals surface area (Å²) in [5.41, 5.74) is -0.517. The Balaban J connectivity index is 0.000000182. The average Bonchev–Trinajstić information content (AvgIpc) is 4.03. The van der Waals surface area contributed by atoms with Gasteiger partial charge in [-0.1, -0.05) is 48.5 Å². The van der Waals surface area contributed by atoms with Crippen molar-refractivity contribution in [3.63, 3.8) is 0 Å². The lowest BCUT2D eigenvalue weighted by Gasteiger charge is -2.37. The summed E-state index contributed by atoms with van der Waals surface area (Å²) in [6, 6.07) is 23.1. The van der Waals surface area contributed by atoms with Gasteiger partial charge in [0.2, 0.25) is 0 Å². The molecule has 2 saturated heterocycles. The molecule has 6 heterocycles. The van der Waals surface area contributed by atoms with Crippen LogP contribution >= 0.6 is 0 Å². The summed E-state index contributed by atoms with van der Waals surface area (Å²) in [4.78, 5) is 32.8. The van der Waals surface area contributed by atoms with E-state index >= 15 is 0 Å². The van der Waals surface area contributed by atoms with Gasteiger partial charge in [-0.05, 0) is 74.2 Å². The first-order valence-electron chi connectivity index (χ1n) is 23.6. The molecule has 14 nitrogen and oxygen atoms in total. The van der Waals surface area contributed by atoms with Gasteiger partial charge in [0.25, 0.3) is 11.8 Å². The summed E-state index contributed by atoms with van der Waals surface area (Å²) in [5.74, 6) is -2.21. The van der Waals surface area contributed by atoms with Crippen molar-refractivity contribution in [1.82, 2.24) is 49.8 Å². The van der Waals surface area contributed by atoms with Crippen LogP contribution in [0.4, 0.5) is 46.8 Å². The number of fused-ring (bicyclic) bond motifs is 2. The number of anilines is 2. The summed E-state index contributed by atoms with van der Waals surface area (Å²) in [7, 11) is 6.66. The number of carbonyl (C=O) groups is 2. The predicted molar refractivity (Wildman–Crippen MR) is 261 cm³/mol. The van der Waals surface area contributed by atoms with Crippen molar-refractivity contribution in [3.05, 3.63) is 143 Å². The van der Waals surface area contributed by atoms with E-state index in [1.807, 2.05) is 74.8 Å². The molecule has 0 saturated carbocycles. The summed E-state index contributed by atoms with van der Waals surface area (Å²) in [6.07, 6.45) is -4.14. The fourth-order valence-corrected chi connectivity index (χ4v) is 9.75. The van der Waals surface area contributed by atoms with Gasteiger partial charge in [-0.2, -0.15) is 36.5 Å². The van der Waals surface area contributed by atoms with Crippen LogP contribution in [0.1, 0.15) is 57.5 Å². The Morgan fingerprint density at radius 3 is 1.19 bits per heavy atom. The molecule has 0 radical (unpaired) electrons. The van der Waals surface area contributed by atoms with Crippen LogP contribution < -0.4 is 9.80 Å². The molecule has 0 aliphatic carbocycles. The number of aryl methyl sites for hydroxylation is 2. The molecule has 4 aromatic carbocycles. The van der Waals surface area contributed by atoms with Gasteiger partial charge in [-0.25, -0.2) is 8.78 Å². The third-order valence-electron chi connectivity index (χ3n) is 13.8. The van der Waals surface area contributed by atoms with Crippen LogP contribution in [-0.4, -0.2) is 114 Å². The SMILES string of the molecule is CN(C(=O)c1ccc(F)cc1C(F)(F)F)C1CCN(c2nnc(-c3ccnn3C)c3ccccc23)CC1.CN(C(=O)c1ccc(F)cc1C(F)(F)F)C1CCN(c2nnc(-c3ccnn3C)c3ccccc23)CC1. The number of piperidine rings is 2. The number of hydrogen-bond acceptors (Lipinski definition) is 10. The number of aromatic nitrogens is 8. The second kappa shape index (κ2) is 20.5. The maximum Gasteiger partial charge on any atom is 0.417 e. The number of amides is 2. The van der Waals surface area contributed by atoms with E-state index in [9.17, 15) is 44.7 Å². The normalized spacial score (nSPS) is 14.8. The number of nitrogens with zero attached hydrogens (tertiary/aromatic N) is 12. The Morgan fingerprint density at radius 1 is 0.514 bits per heavy atom. The molecule has 0 unspecified atom stereocenters. The molecule has 2 aliphatic rings. The van der Waals surface area contributed by atoms with Gasteiger partial charge >= 0.3 is 12.4 Å². The highest BCUT2D eigenvalue weighted by Crippen LogP contribution is 2.38. The van der Waals surface area contributed by atoms with E-state index in [-0.39, 0.29) is 12.1 Å². The van der Waals surface area contributed by atoms with Crippen molar-refractivity contribution in [2.45, 2.75) is 50.1 Å². The Kier molecular flexibility index (Phi) is 14.1. The van der Waals surface area contributed by atoms with Crippen molar-refractivity contribution in [1.29, 1.82) is 0 Å². The highest BCUT2D eigenvalue weighted by atomic mass is 19.4. The minimum Gasteiger partial charge on any atom is -0.354 e. The molecule has 74 heavy (non-hydrogen) atoms. The third kappa shape index (κ3) is 10.2. The zero-order valence-corrected chi connectivity index (χ0v) is 40.4. The Morgan fingerprint density at radius 2 is 0.865 bits per heavy atom. The van der Waals surface area contributed by atoms with Crippen molar-refractivity contribution in [2.24, 2.45) is 14.1 Å². The van der Waals surface area contributed by atoms with Crippen LogP contribution in [0.25, 0.3) is 44.3 Å². The van der Waals surface area contributed by atoms with Gasteiger partial charge in [0.15, 0.2) is 11.6 Å². The number of benzene rings is 4. The zero-order chi connectivity index (χ0) is 52.6. The zero-order valence-electron chi connectivity index (χ0n) is 40.4. The number of alkyl halides is 6. The molecule has 10 rings (SSSR count). The largest absolute Gasteiger partial charge is 0.417 e. The lowest BCUT2D eigenvalue weighted by atomic mass is 10.00. The summed E-state index contributed by atoms with van der Waals surface area (Å²) >= 11 is 0. The fraction of sp³-hybridized carbons (Fsp3) is 0.308. The fourth-order valence-electron chi connectivity index (χ4n) is 9.75. The van der Waals surface area contributed by atoms with Crippen LogP contribution in [-0.2, 0) is 26.4 Å². The predicted octanol–water partition coefficient (Wildman–Crippen LogP) is 9.86. The second-order valence-electron chi connectivity index (χ2n) is 18.2. The number of halogens is 8. The quantitative estimate of drug-likeness (QED) is 0.136. The summed E-state index contributed by atoms with van der Waals surface area (Å²) in [6.45, 7) is 2.17. The van der Waals surface area contributed by atoms with Gasteiger partial charge in [0.05, 0.1) is 33.6 Å². The van der Waals surface area contributed by atoms with Crippen LogP contribution in [0.3, 0.4) is 0 Å². The minimum absolute atomic E-state index is 0.275. The molecular formula is C52H48F8N12O2. The van der Waals surface area contributed by atoms with E-state index in [1.165, 1.54) is 23.9 Å². The molecule has 2 fully saturated rings. The molecule has 2 aliphatic heterocycles. The Hall–Kier alpha value is -8.04. The highest BCUT2D eigenvalue weighted by Gasteiger charge is 2.39. The Bertz CT molecular complexity index is 3140. The lowest BCUT2D eigenvalue weighted by Crippen LogP contribution is -2.46. The van der Waals surface area contributed by atoms with Crippen molar-refractivity contribution in [2.75, 3.05) is 50.1 Å². The van der Waals surface area contributed by atoms with Crippen LogP contribution in [0, 0.1) is 11.6 Å². The first-order valence-corrected chi connectivity index (χ1v) is 23.6. The van der Waals surface area contributed by atoms with Gasteiger partial charge in [-0.3, -0.25) is 19.0 Å². The first kappa shape index (κ1) is 50.9. The number of carbonyl (C=O) groups excluding carboxylic acids is 2. The second-order valence-corrected chi connectivity index (χ2v) is 18.2. The first-order chi connectivity index (χ1) is 35.3. The van der Waals surface area contributed by atoms with E-state index in [2.05, 4.69) is 40.4 Å². The molecule has 384 valence electrons. The summed E-state index contributed by atoms with van der Waals surface area (Å²) < 4.78 is 111. The maximum atomic E-state index is 13.5. The van der Waals surface area contributed by atoms with Gasteiger partial charge in [0, 0.05) is 100 Å². The van der Waals surface area contributed by atoms with Crippen molar-refractivity contribution >= 4 is 45.0 Å². The van der Waals surface area contributed by atoms with E-state index < -0.39 is 58.1 Å². The monoisotopic (exact) mass is 1020 g/mol. The molecular weight excluding hydrogens is 977 g/mol. The summed E-state index contributed by atoms with van der Waals surface area (Å²) in [5, 5.41) is 30.2. The molecule has 0 N–H and O–H groups in total. The van der Waals surface area contributed by atoms with Gasteiger partial charge in [-0.15, -0.1) is 20.4 Å². The Labute approximate surface area is 418 Å².